The third-order valence-electron chi connectivity index (χ3n) is 5.04. The minimum absolute atomic E-state index is 0.139. The molecule has 1 aliphatic rings. The molecule has 1 amide bonds. The van der Waals surface area contributed by atoms with E-state index in [-0.39, 0.29) is 11.8 Å². The van der Waals surface area contributed by atoms with Gasteiger partial charge in [-0.3, -0.25) is 4.79 Å². The van der Waals surface area contributed by atoms with Gasteiger partial charge in [-0.1, -0.05) is 51.0 Å². The van der Waals surface area contributed by atoms with Crippen molar-refractivity contribution in [1.82, 2.24) is 4.90 Å². The maximum Gasteiger partial charge on any atom is 0.224 e. The fourth-order valence-corrected chi connectivity index (χ4v) is 3.70. The molecule has 1 aromatic rings. The summed E-state index contributed by atoms with van der Waals surface area (Å²) in [6.07, 6.45) is 8.24. The first-order chi connectivity index (χ1) is 11.6. The Kier molecular flexibility index (Phi) is 7.77. The second-order valence-electron chi connectivity index (χ2n) is 7.69. The van der Waals surface area contributed by atoms with E-state index in [0.29, 0.717) is 5.92 Å². The van der Waals surface area contributed by atoms with Gasteiger partial charge in [0.05, 0.1) is 5.92 Å². The Morgan fingerprint density at radius 3 is 2.33 bits per heavy atom. The van der Waals surface area contributed by atoms with E-state index in [1.165, 1.54) is 44.5 Å². The number of primary amides is 1. The third-order valence-corrected chi connectivity index (χ3v) is 5.04. The molecule has 0 saturated carbocycles. The van der Waals surface area contributed by atoms with Gasteiger partial charge in [0.25, 0.3) is 0 Å². The number of carbonyl (C=O) groups is 1. The van der Waals surface area contributed by atoms with E-state index in [2.05, 4.69) is 43.0 Å². The van der Waals surface area contributed by atoms with Gasteiger partial charge in [0.2, 0.25) is 5.91 Å². The average Bonchev–Trinajstić information content (AvgIpc) is 2.56. The van der Waals surface area contributed by atoms with Gasteiger partial charge >= 0.3 is 0 Å². The lowest BCUT2D eigenvalue weighted by Crippen LogP contribution is -2.30. The molecule has 1 saturated heterocycles. The van der Waals surface area contributed by atoms with Crippen LogP contribution in [0.4, 0.5) is 0 Å². The molecule has 0 aliphatic carbocycles. The van der Waals surface area contributed by atoms with E-state index in [0.717, 1.165) is 31.2 Å². The molecule has 3 heteroatoms. The summed E-state index contributed by atoms with van der Waals surface area (Å²) < 4.78 is 0. The van der Waals surface area contributed by atoms with E-state index < -0.39 is 0 Å². The van der Waals surface area contributed by atoms with Crippen molar-refractivity contribution in [2.24, 2.45) is 11.7 Å². The summed E-state index contributed by atoms with van der Waals surface area (Å²) >= 11 is 0. The molecule has 1 heterocycles. The van der Waals surface area contributed by atoms with Crippen LogP contribution >= 0.6 is 0 Å². The first kappa shape index (κ1) is 19.0. The second-order valence-corrected chi connectivity index (χ2v) is 7.69. The number of carbonyl (C=O) groups excluding carboxylic acids is 1. The van der Waals surface area contributed by atoms with Crippen molar-refractivity contribution in [3.63, 3.8) is 0 Å². The molecule has 0 radical (unpaired) electrons. The number of hydrogen-bond acceptors (Lipinski definition) is 2. The molecule has 1 fully saturated rings. The lowest BCUT2D eigenvalue weighted by atomic mass is 9.91. The molecule has 1 aromatic carbocycles. The van der Waals surface area contributed by atoms with E-state index in [9.17, 15) is 4.79 Å². The van der Waals surface area contributed by atoms with E-state index in [4.69, 9.17) is 5.73 Å². The number of nitrogens with zero attached hydrogens (tertiary/aromatic N) is 1. The van der Waals surface area contributed by atoms with Crippen LogP contribution in [-0.4, -0.2) is 30.4 Å². The fraction of sp³-hybridized carbons (Fsp3) is 0.667. The molecule has 2 N–H and O–H groups in total. The number of rotatable bonds is 9. The number of nitrogens with two attached hydrogens (primary N) is 1. The fourth-order valence-electron chi connectivity index (χ4n) is 3.70. The van der Waals surface area contributed by atoms with Gasteiger partial charge in [0.1, 0.15) is 0 Å². The van der Waals surface area contributed by atoms with Gasteiger partial charge in [-0.05, 0) is 68.8 Å². The predicted octanol–water partition coefficient (Wildman–Crippen LogP) is 4.11. The summed E-state index contributed by atoms with van der Waals surface area (Å²) in [6.45, 7) is 8.11. The topological polar surface area (TPSA) is 46.3 Å². The zero-order chi connectivity index (χ0) is 17.4. The molecule has 1 aliphatic heterocycles. The molecule has 0 aromatic heterocycles. The summed E-state index contributed by atoms with van der Waals surface area (Å²) in [5.41, 5.74) is 8.08. The van der Waals surface area contributed by atoms with E-state index in [1.54, 1.807) is 0 Å². The van der Waals surface area contributed by atoms with Crippen molar-refractivity contribution in [2.45, 2.75) is 64.7 Å². The first-order valence-corrected chi connectivity index (χ1v) is 9.66. The Hall–Kier alpha value is -1.35. The van der Waals surface area contributed by atoms with Crippen LogP contribution in [0.25, 0.3) is 0 Å². The monoisotopic (exact) mass is 330 g/mol. The number of amides is 1. The van der Waals surface area contributed by atoms with Crippen LogP contribution in [0, 0.1) is 5.92 Å². The summed E-state index contributed by atoms with van der Waals surface area (Å²) in [5.74, 6) is 0.321. The molecular formula is C21H34N2O. The molecule has 1 atom stereocenters. The maximum absolute atomic E-state index is 11.9. The molecular weight excluding hydrogens is 296 g/mol. The van der Waals surface area contributed by atoms with Gasteiger partial charge in [0, 0.05) is 0 Å². The van der Waals surface area contributed by atoms with Crippen molar-refractivity contribution in [2.75, 3.05) is 19.6 Å². The molecule has 24 heavy (non-hydrogen) atoms. The molecule has 3 nitrogen and oxygen atoms in total. The first-order valence-electron chi connectivity index (χ1n) is 9.66. The average molecular weight is 331 g/mol. The van der Waals surface area contributed by atoms with Crippen molar-refractivity contribution < 1.29 is 4.79 Å². The van der Waals surface area contributed by atoms with Crippen LogP contribution in [-0.2, 0) is 11.2 Å². The zero-order valence-electron chi connectivity index (χ0n) is 15.5. The lowest BCUT2D eigenvalue weighted by molar-refractivity contribution is -0.119. The highest BCUT2D eigenvalue weighted by Crippen LogP contribution is 2.23. The number of piperidine rings is 1. The van der Waals surface area contributed by atoms with Crippen LogP contribution < -0.4 is 5.73 Å². The molecule has 0 bridgehead atoms. The van der Waals surface area contributed by atoms with Crippen molar-refractivity contribution in [3.8, 4) is 0 Å². The van der Waals surface area contributed by atoms with Gasteiger partial charge < -0.3 is 10.6 Å². The van der Waals surface area contributed by atoms with Gasteiger partial charge in [0.15, 0.2) is 0 Å². The van der Waals surface area contributed by atoms with Gasteiger partial charge in [-0.25, -0.2) is 0 Å². The van der Waals surface area contributed by atoms with Crippen LogP contribution in [0.2, 0.25) is 0 Å². The minimum atomic E-state index is -0.190. The number of unbranched alkanes of at least 4 members (excludes halogenated alkanes) is 1. The highest BCUT2D eigenvalue weighted by molar-refractivity contribution is 5.81. The van der Waals surface area contributed by atoms with Crippen LogP contribution in [0.15, 0.2) is 24.3 Å². The summed E-state index contributed by atoms with van der Waals surface area (Å²) in [4.78, 5) is 14.4. The second kappa shape index (κ2) is 9.83. The number of likely N-dealkylation sites (tertiary alicyclic amines) is 1. The molecule has 0 spiro atoms. The van der Waals surface area contributed by atoms with Crippen LogP contribution in [0.1, 0.15) is 69.4 Å². The highest BCUT2D eigenvalue weighted by Gasteiger charge is 2.18. The molecule has 0 unspecified atom stereocenters. The SMILES string of the molecule is CC(C)Cc1ccc([C@@H](CCCCN2CCCCC2)C(N)=O)cc1. The van der Waals surface area contributed by atoms with Gasteiger partial charge in [-0.15, -0.1) is 0 Å². The maximum atomic E-state index is 11.9. The van der Waals surface area contributed by atoms with Crippen molar-refractivity contribution in [1.29, 1.82) is 0 Å². The predicted molar refractivity (Wildman–Crippen MR) is 101 cm³/mol. The Labute approximate surface area is 147 Å². The number of benzene rings is 1. The third kappa shape index (κ3) is 6.27. The zero-order valence-corrected chi connectivity index (χ0v) is 15.5. The normalized spacial score (nSPS) is 17.1. The standard InChI is InChI=1S/C21H34N2O/c1-17(2)16-18-9-11-19(12-10-18)20(21(22)24)8-4-7-15-23-13-5-3-6-14-23/h9-12,17,20H,3-8,13-16H2,1-2H3,(H2,22,24)/t20-/m1/s1. The minimum Gasteiger partial charge on any atom is -0.369 e. The Morgan fingerprint density at radius 2 is 1.75 bits per heavy atom. The molecule has 2 rings (SSSR count). The van der Waals surface area contributed by atoms with E-state index >= 15 is 0 Å². The van der Waals surface area contributed by atoms with E-state index in [1.807, 2.05) is 0 Å². The summed E-state index contributed by atoms with van der Waals surface area (Å²) in [7, 11) is 0. The Balaban J connectivity index is 1.81. The van der Waals surface area contributed by atoms with Gasteiger partial charge in [-0.2, -0.15) is 0 Å². The number of hydrogen-bond donors (Lipinski definition) is 1. The quantitative estimate of drug-likeness (QED) is 0.693. The Bertz CT molecular complexity index is 489. The van der Waals surface area contributed by atoms with Crippen molar-refractivity contribution >= 4 is 5.91 Å². The highest BCUT2D eigenvalue weighted by atomic mass is 16.1. The van der Waals surface area contributed by atoms with Crippen LogP contribution in [0.3, 0.4) is 0 Å². The lowest BCUT2D eigenvalue weighted by Gasteiger charge is -2.26. The Morgan fingerprint density at radius 1 is 1.08 bits per heavy atom. The molecule has 134 valence electrons. The largest absolute Gasteiger partial charge is 0.369 e. The van der Waals surface area contributed by atoms with Crippen molar-refractivity contribution in [3.05, 3.63) is 35.4 Å². The summed E-state index contributed by atoms with van der Waals surface area (Å²) in [6, 6.07) is 8.49. The smallest absolute Gasteiger partial charge is 0.224 e. The van der Waals surface area contributed by atoms with Crippen LogP contribution in [0.5, 0.6) is 0 Å². The summed E-state index contributed by atoms with van der Waals surface area (Å²) in [5, 5.41) is 0.